The molecule has 0 aromatic rings. The number of nitrogens with zero attached hydrogens (tertiary/aromatic N) is 2. The van der Waals surface area contributed by atoms with Crippen LogP contribution in [0.1, 0.15) is 0 Å². The van der Waals surface area contributed by atoms with Crippen LogP contribution in [0, 0.1) is 5.39 Å². The van der Waals surface area contributed by atoms with Gasteiger partial charge in [-0.05, 0) is 29.8 Å². The van der Waals surface area contributed by atoms with Gasteiger partial charge in [-0.25, -0.2) is 0 Å². The van der Waals surface area contributed by atoms with E-state index in [1.807, 2.05) is 0 Å². The molecule has 0 unspecified atom stereocenters. The second-order valence-corrected chi connectivity index (χ2v) is 2.78. The van der Waals surface area contributed by atoms with Crippen molar-refractivity contribution >= 4 is 5.69 Å². The lowest BCUT2D eigenvalue weighted by Gasteiger charge is -1.85. The van der Waals surface area contributed by atoms with Crippen molar-refractivity contribution in [2.75, 3.05) is 0 Å². The fourth-order valence-corrected chi connectivity index (χ4v) is 1.34. The number of fused-ring (bicyclic) bond motifs is 1. The first-order valence-corrected chi connectivity index (χ1v) is 3.88. The molecule has 0 aromatic carbocycles. The van der Waals surface area contributed by atoms with Gasteiger partial charge in [0.15, 0.2) is 4.98 Å². The zero-order valence-electron chi connectivity index (χ0n) is 6.81. The summed E-state index contributed by atoms with van der Waals surface area (Å²) in [6, 6.07) is 10.2. The smallest absolute Gasteiger partial charge is 0.392 e. The first-order chi connectivity index (χ1) is 6.31. The van der Waals surface area contributed by atoms with E-state index in [0.717, 1.165) is 11.1 Å². The van der Waals surface area contributed by atoms with Crippen molar-refractivity contribution in [1.29, 1.82) is 5.39 Å². The lowest BCUT2D eigenvalue weighted by molar-refractivity contribution is 0.476. The zero-order chi connectivity index (χ0) is 9.26. The minimum absolute atomic E-state index is 0.199. The van der Waals surface area contributed by atoms with E-state index in [2.05, 4.69) is 4.98 Å². The molecule has 2 rings (SSSR count). The summed E-state index contributed by atoms with van der Waals surface area (Å²) in [6.45, 7) is 0. The molecule has 0 spiro atoms. The second-order valence-electron chi connectivity index (χ2n) is 2.78. The largest absolute Gasteiger partial charge is 0.508 e. The average molecular weight is 171 g/mol. The summed E-state index contributed by atoms with van der Waals surface area (Å²) < 4.78 is 0. The maximum atomic E-state index is 9.28. The normalized spacial score (nSPS) is 9.77. The Kier molecular flexibility index (Phi) is 1.60. The Labute approximate surface area is 75.2 Å². The summed E-state index contributed by atoms with van der Waals surface area (Å²) >= 11 is 0. The van der Waals surface area contributed by atoms with Gasteiger partial charge in [-0.3, -0.25) is 0 Å². The van der Waals surface area contributed by atoms with E-state index in [-0.39, 0.29) is 5.75 Å². The van der Waals surface area contributed by atoms with Crippen LogP contribution in [-0.2, 0) is 0 Å². The number of diazo groups is 1. The number of aromatic hydroxyl groups is 1. The van der Waals surface area contributed by atoms with Crippen molar-refractivity contribution in [1.82, 2.24) is 0 Å². The summed E-state index contributed by atoms with van der Waals surface area (Å²) in [7, 11) is 0. The Bertz CT molecular complexity index is 459. The van der Waals surface area contributed by atoms with Crippen molar-refractivity contribution < 1.29 is 5.11 Å². The lowest BCUT2D eigenvalue weighted by atomic mass is 10.2. The van der Waals surface area contributed by atoms with Gasteiger partial charge >= 0.3 is 5.69 Å². The fraction of sp³-hybridized carbons (Fsp3) is 0. The van der Waals surface area contributed by atoms with Crippen LogP contribution < -0.4 is 0 Å². The Morgan fingerprint density at radius 2 is 2.00 bits per heavy atom. The number of hydrogen-bond acceptors (Lipinski definition) is 2. The molecule has 62 valence electrons. The van der Waals surface area contributed by atoms with Crippen LogP contribution in [0.4, 0.5) is 5.69 Å². The molecule has 3 heteroatoms. The first kappa shape index (κ1) is 7.56. The molecule has 13 heavy (non-hydrogen) atoms. The third kappa shape index (κ3) is 1.18. The lowest BCUT2D eigenvalue weighted by Crippen LogP contribution is -1.63. The van der Waals surface area contributed by atoms with Gasteiger partial charge in [-0.2, -0.15) is 0 Å². The van der Waals surface area contributed by atoms with Crippen LogP contribution in [0.3, 0.4) is 0 Å². The van der Waals surface area contributed by atoms with E-state index in [1.54, 1.807) is 36.4 Å². The van der Waals surface area contributed by atoms with Gasteiger partial charge in [0.25, 0.3) is 0 Å². The quantitative estimate of drug-likeness (QED) is 0.619. The monoisotopic (exact) mass is 171 g/mol. The summed E-state index contributed by atoms with van der Waals surface area (Å²) in [5.74, 6) is 0.199. The Morgan fingerprint density at radius 1 is 1.15 bits per heavy atom. The Balaban J connectivity index is 2.74. The van der Waals surface area contributed by atoms with Gasteiger partial charge < -0.3 is 5.11 Å². The maximum absolute atomic E-state index is 9.28. The number of hydrogen-bond donors (Lipinski definition) is 1. The van der Waals surface area contributed by atoms with Gasteiger partial charge in [-0.1, -0.05) is 6.07 Å². The Hall–Kier alpha value is -2.08. The van der Waals surface area contributed by atoms with Gasteiger partial charge in [0, 0.05) is 6.07 Å². The van der Waals surface area contributed by atoms with Gasteiger partial charge in [0.1, 0.15) is 5.75 Å². The molecule has 0 radical (unpaired) electrons. The molecule has 0 aromatic heterocycles. The van der Waals surface area contributed by atoms with E-state index in [9.17, 15) is 5.11 Å². The minimum atomic E-state index is 0.199. The molecule has 0 fully saturated rings. The highest BCUT2D eigenvalue weighted by Gasteiger charge is 2.17. The van der Waals surface area contributed by atoms with Crippen LogP contribution in [0.25, 0.3) is 16.1 Å². The van der Waals surface area contributed by atoms with Gasteiger partial charge in [0.2, 0.25) is 5.39 Å². The van der Waals surface area contributed by atoms with E-state index >= 15 is 0 Å². The van der Waals surface area contributed by atoms with Crippen molar-refractivity contribution in [3.63, 3.8) is 0 Å². The summed E-state index contributed by atoms with van der Waals surface area (Å²) in [4.78, 5) is 3.13. The SMILES string of the molecule is N#[N+]c1ccc2cc(O)cccc1-2. The number of rotatable bonds is 0. The molecular weight excluding hydrogens is 164 g/mol. The summed E-state index contributed by atoms with van der Waals surface area (Å²) in [6.07, 6.45) is 0. The van der Waals surface area contributed by atoms with Crippen molar-refractivity contribution in [3.8, 4) is 16.9 Å². The second kappa shape index (κ2) is 2.76. The van der Waals surface area contributed by atoms with Gasteiger partial charge in [-0.15, -0.1) is 0 Å². The summed E-state index contributed by atoms with van der Waals surface area (Å²) in [5, 5.41) is 17.9. The predicted octanol–water partition coefficient (Wildman–Crippen LogP) is 2.98. The zero-order valence-corrected chi connectivity index (χ0v) is 6.81. The van der Waals surface area contributed by atoms with Crippen LogP contribution in [-0.4, -0.2) is 5.11 Å². The van der Waals surface area contributed by atoms with Crippen LogP contribution in [0.5, 0.6) is 5.75 Å². The molecule has 0 atom stereocenters. The van der Waals surface area contributed by atoms with Crippen LogP contribution in [0.2, 0.25) is 0 Å². The molecule has 0 saturated carbocycles. The topological polar surface area (TPSA) is 48.4 Å². The Morgan fingerprint density at radius 3 is 2.77 bits per heavy atom. The van der Waals surface area contributed by atoms with Crippen molar-refractivity contribution in [2.45, 2.75) is 0 Å². The van der Waals surface area contributed by atoms with E-state index in [1.165, 1.54) is 0 Å². The molecular formula is C10H7N2O+. The van der Waals surface area contributed by atoms with Crippen molar-refractivity contribution in [2.24, 2.45) is 0 Å². The first-order valence-electron chi connectivity index (χ1n) is 3.88. The molecule has 2 aliphatic rings. The highest BCUT2D eigenvalue weighted by atomic mass is 16.3. The van der Waals surface area contributed by atoms with Crippen molar-refractivity contribution in [3.05, 3.63) is 41.4 Å². The highest BCUT2D eigenvalue weighted by Crippen LogP contribution is 2.34. The van der Waals surface area contributed by atoms with E-state index in [4.69, 9.17) is 5.39 Å². The molecule has 0 heterocycles. The standard InChI is InChI=1S/C10H6N2O/c11-12-10-5-4-7-6-8(13)2-1-3-9(7)10/h1-6H/p+1. The maximum Gasteiger partial charge on any atom is 0.392 e. The molecule has 0 bridgehead atoms. The van der Waals surface area contributed by atoms with Crippen LogP contribution in [0.15, 0.2) is 36.4 Å². The molecule has 0 amide bonds. The fourth-order valence-electron chi connectivity index (χ4n) is 1.34. The third-order valence-corrected chi connectivity index (χ3v) is 1.95. The molecule has 0 aliphatic heterocycles. The molecule has 3 nitrogen and oxygen atoms in total. The summed E-state index contributed by atoms with van der Waals surface area (Å²) in [5.41, 5.74) is 2.20. The minimum Gasteiger partial charge on any atom is -0.508 e. The highest BCUT2D eigenvalue weighted by molar-refractivity contribution is 5.82. The molecule has 2 aliphatic carbocycles. The van der Waals surface area contributed by atoms with Crippen LogP contribution >= 0.6 is 0 Å². The third-order valence-electron chi connectivity index (χ3n) is 1.95. The average Bonchev–Trinajstić information content (AvgIpc) is 2.39. The van der Waals surface area contributed by atoms with Gasteiger partial charge in [0.05, 0.1) is 5.56 Å². The molecule has 0 saturated heterocycles. The van der Waals surface area contributed by atoms with E-state index < -0.39 is 0 Å². The molecule has 1 N–H and O–H groups in total. The van der Waals surface area contributed by atoms with E-state index in [0.29, 0.717) is 5.69 Å². The predicted molar refractivity (Wildman–Crippen MR) is 49.5 cm³/mol.